The number of hydrogen-bond acceptors (Lipinski definition) is 5. The molecule has 1 aromatic heterocycles. The molecule has 8 heteroatoms. The summed E-state index contributed by atoms with van der Waals surface area (Å²) in [5.41, 5.74) is 0.575. The van der Waals surface area contributed by atoms with Gasteiger partial charge in [-0.1, -0.05) is 11.6 Å². The Morgan fingerprint density at radius 3 is 2.52 bits per heavy atom. The minimum atomic E-state index is -3.41. The third-order valence-electron chi connectivity index (χ3n) is 3.49. The zero-order valence-corrected chi connectivity index (χ0v) is 14.5. The van der Waals surface area contributed by atoms with E-state index in [-0.39, 0.29) is 15.5 Å². The fraction of sp³-hybridized carbons (Fsp3) is 0.0588. The molecule has 1 heterocycles. The van der Waals surface area contributed by atoms with Gasteiger partial charge in [0.15, 0.2) is 9.84 Å². The lowest BCUT2D eigenvalue weighted by Gasteiger charge is -2.08. The predicted octanol–water partition coefficient (Wildman–Crippen LogP) is 3.10. The number of sulfone groups is 1. The Morgan fingerprint density at radius 2 is 1.84 bits per heavy atom. The number of rotatable bonds is 3. The lowest BCUT2D eigenvalue weighted by molar-refractivity contribution is 0.102. The van der Waals surface area contributed by atoms with Crippen LogP contribution in [0.1, 0.15) is 10.4 Å². The summed E-state index contributed by atoms with van der Waals surface area (Å²) < 4.78 is 28.1. The summed E-state index contributed by atoms with van der Waals surface area (Å²) >= 11 is 6.03. The summed E-state index contributed by atoms with van der Waals surface area (Å²) in [4.78, 5) is 23.6. The van der Waals surface area contributed by atoms with Gasteiger partial charge in [-0.2, -0.15) is 0 Å². The van der Waals surface area contributed by atoms with Gasteiger partial charge in [0.2, 0.25) is 0 Å². The quantitative estimate of drug-likeness (QED) is 0.708. The second-order valence-electron chi connectivity index (χ2n) is 5.37. The van der Waals surface area contributed by atoms with E-state index >= 15 is 0 Å². The Balaban J connectivity index is 1.89. The topological polar surface area (TPSA) is 93.4 Å². The molecule has 0 aliphatic heterocycles. The lowest BCUT2D eigenvalue weighted by Crippen LogP contribution is -2.13. The molecule has 2 aromatic carbocycles. The van der Waals surface area contributed by atoms with Crippen LogP contribution in [0.25, 0.3) is 11.0 Å². The van der Waals surface area contributed by atoms with Crippen molar-refractivity contribution in [2.75, 3.05) is 11.6 Å². The number of halogens is 1. The Hall–Kier alpha value is -2.64. The number of fused-ring (bicyclic) bond motifs is 1. The standard InChI is InChI=1S/C17H12ClNO5S/c1-25(22,23)12-4-5-13(14(18)9-12)17(21)19-11-3-6-15-10(8-11)2-7-16(20)24-15/h2-9H,1H3,(H,19,21). The maximum absolute atomic E-state index is 12.4. The van der Waals surface area contributed by atoms with Gasteiger partial charge < -0.3 is 9.73 Å². The molecule has 0 fully saturated rings. The Bertz CT molecular complexity index is 1150. The van der Waals surface area contributed by atoms with Crippen LogP contribution >= 0.6 is 11.6 Å². The number of hydrogen-bond donors (Lipinski definition) is 1. The van der Waals surface area contributed by atoms with Crippen LogP contribution in [0.2, 0.25) is 5.02 Å². The number of nitrogens with one attached hydrogen (secondary N) is 1. The molecule has 3 rings (SSSR count). The SMILES string of the molecule is CS(=O)(=O)c1ccc(C(=O)Nc2ccc3oc(=O)ccc3c2)c(Cl)c1. The van der Waals surface area contributed by atoms with E-state index in [1.807, 2.05) is 0 Å². The molecule has 128 valence electrons. The van der Waals surface area contributed by atoms with Crippen molar-refractivity contribution in [3.8, 4) is 0 Å². The Morgan fingerprint density at radius 1 is 1.08 bits per heavy atom. The lowest BCUT2D eigenvalue weighted by atomic mass is 10.2. The van der Waals surface area contributed by atoms with Crippen molar-refractivity contribution in [3.05, 3.63) is 69.5 Å². The van der Waals surface area contributed by atoms with Crippen LogP contribution in [0.4, 0.5) is 5.69 Å². The molecular weight excluding hydrogens is 366 g/mol. The number of anilines is 1. The van der Waals surface area contributed by atoms with Crippen molar-refractivity contribution in [1.82, 2.24) is 0 Å². The molecule has 0 spiro atoms. The molecule has 3 aromatic rings. The molecule has 0 unspecified atom stereocenters. The smallest absolute Gasteiger partial charge is 0.336 e. The molecule has 1 amide bonds. The van der Waals surface area contributed by atoms with Crippen LogP contribution < -0.4 is 10.9 Å². The summed E-state index contributed by atoms with van der Waals surface area (Å²) in [6, 6.07) is 11.6. The van der Waals surface area contributed by atoms with Gasteiger partial charge >= 0.3 is 5.63 Å². The van der Waals surface area contributed by atoms with E-state index < -0.39 is 21.4 Å². The number of benzene rings is 2. The van der Waals surface area contributed by atoms with Gasteiger partial charge in [0, 0.05) is 23.4 Å². The minimum Gasteiger partial charge on any atom is -0.423 e. The Labute approximate surface area is 148 Å². The van der Waals surface area contributed by atoms with E-state index in [9.17, 15) is 18.0 Å². The van der Waals surface area contributed by atoms with Crippen LogP contribution in [-0.2, 0) is 9.84 Å². The summed E-state index contributed by atoms with van der Waals surface area (Å²) in [6.07, 6.45) is 1.06. The maximum atomic E-state index is 12.4. The molecule has 0 radical (unpaired) electrons. The van der Waals surface area contributed by atoms with E-state index in [1.54, 1.807) is 24.3 Å². The largest absolute Gasteiger partial charge is 0.423 e. The second kappa shape index (κ2) is 6.34. The van der Waals surface area contributed by atoms with Crippen molar-refractivity contribution in [3.63, 3.8) is 0 Å². The van der Waals surface area contributed by atoms with Crippen molar-refractivity contribution in [1.29, 1.82) is 0 Å². The van der Waals surface area contributed by atoms with Crippen molar-refractivity contribution < 1.29 is 17.6 Å². The van der Waals surface area contributed by atoms with Crippen molar-refractivity contribution in [2.24, 2.45) is 0 Å². The highest BCUT2D eigenvalue weighted by molar-refractivity contribution is 7.90. The fourth-order valence-electron chi connectivity index (χ4n) is 2.26. The molecule has 0 aliphatic carbocycles. The fourth-order valence-corrected chi connectivity index (χ4v) is 3.24. The Kier molecular flexibility index (Phi) is 4.36. The van der Waals surface area contributed by atoms with Crippen LogP contribution in [0, 0.1) is 0 Å². The van der Waals surface area contributed by atoms with E-state index in [1.165, 1.54) is 24.3 Å². The van der Waals surface area contributed by atoms with Gasteiger partial charge in [-0.15, -0.1) is 0 Å². The van der Waals surface area contributed by atoms with Gasteiger partial charge in [-0.3, -0.25) is 4.79 Å². The average Bonchev–Trinajstić information content (AvgIpc) is 2.54. The van der Waals surface area contributed by atoms with E-state index in [2.05, 4.69) is 5.32 Å². The molecule has 6 nitrogen and oxygen atoms in total. The van der Waals surface area contributed by atoms with Crippen molar-refractivity contribution in [2.45, 2.75) is 4.90 Å². The molecular formula is C17H12ClNO5S. The molecule has 0 aliphatic rings. The maximum Gasteiger partial charge on any atom is 0.336 e. The highest BCUT2D eigenvalue weighted by atomic mass is 35.5. The molecule has 1 N–H and O–H groups in total. The van der Waals surface area contributed by atoms with Gasteiger partial charge in [-0.05, 0) is 42.5 Å². The zero-order valence-electron chi connectivity index (χ0n) is 12.9. The highest BCUT2D eigenvalue weighted by Crippen LogP contribution is 2.23. The van der Waals surface area contributed by atoms with Gasteiger partial charge in [-0.25, -0.2) is 13.2 Å². The number of carbonyl (C=O) groups is 1. The van der Waals surface area contributed by atoms with E-state index in [0.29, 0.717) is 16.7 Å². The molecule has 0 saturated heterocycles. The van der Waals surface area contributed by atoms with Crippen LogP contribution in [-0.4, -0.2) is 20.6 Å². The molecule has 0 saturated carbocycles. The molecule has 0 bridgehead atoms. The van der Waals surface area contributed by atoms with Gasteiger partial charge in [0.05, 0.1) is 15.5 Å². The predicted molar refractivity (Wildman–Crippen MR) is 95.0 cm³/mol. The van der Waals surface area contributed by atoms with E-state index in [4.69, 9.17) is 16.0 Å². The summed E-state index contributed by atoms with van der Waals surface area (Å²) in [5, 5.41) is 3.35. The first kappa shape index (κ1) is 17.2. The van der Waals surface area contributed by atoms with Crippen LogP contribution in [0.5, 0.6) is 0 Å². The van der Waals surface area contributed by atoms with Crippen LogP contribution in [0.3, 0.4) is 0 Å². The van der Waals surface area contributed by atoms with Gasteiger partial charge in [0.25, 0.3) is 5.91 Å². The second-order valence-corrected chi connectivity index (χ2v) is 7.80. The summed E-state index contributed by atoms with van der Waals surface area (Å²) in [5.74, 6) is -0.484. The highest BCUT2D eigenvalue weighted by Gasteiger charge is 2.15. The summed E-state index contributed by atoms with van der Waals surface area (Å²) in [7, 11) is -3.41. The number of carbonyl (C=O) groups excluding carboxylic acids is 1. The first-order valence-electron chi connectivity index (χ1n) is 7.09. The third kappa shape index (κ3) is 3.72. The van der Waals surface area contributed by atoms with Gasteiger partial charge in [0.1, 0.15) is 5.58 Å². The average molecular weight is 378 g/mol. The third-order valence-corrected chi connectivity index (χ3v) is 4.91. The number of amides is 1. The van der Waals surface area contributed by atoms with Crippen molar-refractivity contribution >= 4 is 44.0 Å². The normalized spacial score (nSPS) is 11.4. The summed E-state index contributed by atoms with van der Waals surface area (Å²) in [6.45, 7) is 0. The van der Waals surface area contributed by atoms with Crippen LogP contribution in [0.15, 0.2) is 62.6 Å². The van der Waals surface area contributed by atoms with E-state index in [0.717, 1.165) is 6.26 Å². The molecule has 25 heavy (non-hydrogen) atoms. The zero-order chi connectivity index (χ0) is 18.2. The first-order chi connectivity index (χ1) is 11.7. The first-order valence-corrected chi connectivity index (χ1v) is 9.36. The minimum absolute atomic E-state index is 0.0345. The monoisotopic (exact) mass is 377 g/mol. The molecule has 0 atom stereocenters.